The van der Waals surface area contributed by atoms with E-state index in [1.807, 2.05) is 50.2 Å². The third kappa shape index (κ3) is 3.47. The van der Waals surface area contributed by atoms with Gasteiger partial charge in [0.2, 0.25) is 18.6 Å². The molecule has 2 aromatic rings. The molecule has 1 saturated heterocycles. The highest BCUT2D eigenvalue weighted by Crippen LogP contribution is 2.33. The first-order valence-corrected chi connectivity index (χ1v) is 9.07. The highest BCUT2D eigenvalue weighted by molar-refractivity contribution is 5.99. The fraction of sp³-hybridized carbons (Fsp3) is 0.333. The van der Waals surface area contributed by atoms with Gasteiger partial charge in [-0.15, -0.1) is 0 Å². The number of benzene rings is 2. The summed E-state index contributed by atoms with van der Waals surface area (Å²) >= 11 is 0. The lowest BCUT2D eigenvalue weighted by molar-refractivity contribution is -0.133. The maximum Gasteiger partial charge on any atom is 0.247 e. The Kier molecular flexibility index (Phi) is 4.48. The van der Waals surface area contributed by atoms with Gasteiger partial charge in [-0.05, 0) is 49.6 Å². The van der Waals surface area contributed by atoms with Gasteiger partial charge in [0.15, 0.2) is 11.5 Å². The van der Waals surface area contributed by atoms with Crippen molar-refractivity contribution in [2.45, 2.75) is 39.3 Å². The van der Waals surface area contributed by atoms with E-state index in [2.05, 4.69) is 5.32 Å². The zero-order valence-electron chi connectivity index (χ0n) is 15.5. The number of nitrogens with one attached hydrogen (secondary N) is 1. The second kappa shape index (κ2) is 6.95. The summed E-state index contributed by atoms with van der Waals surface area (Å²) in [6.45, 7) is 4.57. The summed E-state index contributed by atoms with van der Waals surface area (Å²) < 4.78 is 10.7. The van der Waals surface area contributed by atoms with E-state index in [-0.39, 0.29) is 18.6 Å². The Morgan fingerprint density at radius 2 is 1.96 bits per heavy atom. The van der Waals surface area contributed by atoms with Crippen LogP contribution >= 0.6 is 0 Å². The molecule has 6 heteroatoms. The molecule has 4 rings (SSSR count). The number of rotatable bonds is 4. The van der Waals surface area contributed by atoms with Crippen LogP contribution in [0.25, 0.3) is 0 Å². The number of aryl methyl sites for hydroxylation is 2. The normalized spacial score (nSPS) is 18.1. The summed E-state index contributed by atoms with van der Waals surface area (Å²) in [5, 5.41) is 2.98. The number of hydrogen-bond acceptors (Lipinski definition) is 4. The smallest absolute Gasteiger partial charge is 0.247 e. The Labute approximate surface area is 158 Å². The number of carbonyl (C=O) groups excluding carboxylic acids is 2. The molecule has 0 saturated carbocycles. The highest BCUT2D eigenvalue weighted by Gasteiger charge is 2.36. The average Bonchev–Trinajstić information content (AvgIpc) is 3.24. The Morgan fingerprint density at radius 1 is 1.15 bits per heavy atom. The number of fused-ring (bicyclic) bond motifs is 1. The van der Waals surface area contributed by atoms with Gasteiger partial charge >= 0.3 is 0 Å². The van der Waals surface area contributed by atoms with Crippen LogP contribution in [0.15, 0.2) is 36.4 Å². The first-order valence-electron chi connectivity index (χ1n) is 9.07. The van der Waals surface area contributed by atoms with Crippen LogP contribution in [0.5, 0.6) is 11.5 Å². The van der Waals surface area contributed by atoms with Gasteiger partial charge in [-0.3, -0.25) is 9.59 Å². The van der Waals surface area contributed by atoms with Crippen LogP contribution in [-0.4, -0.2) is 29.5 Å². The van der Waals surface area contributed by atoms with Crippen molar-refractivity contribution in [3.8, 4) is 11.5 Å². The van der Waals surface area contributed by atoms with Crippen molar-refractivity contribution < 1.29 is 19.1 Å². The van der Waals surface area contributed by atoms with E-state index < -0.39 is 6.04 Å². The van der Waals surface area contributed by atoms with Crippen LogP contribution in [0, 0.1) is 13.8 Å². The van der Waals surface area contributed by atoms with Crippen molar-refractivity contribution in [2.75, 3.05) is 12.1 Å². The first kappa shape index (κ1) is 17.4. The largest absolute Gasteiger partial charge is 0.454 e. The zero-order valence-corrected chi connectivity index (χ0v) is 15.5. The number of ether oxygens (including phenoxy) is 2. The summed E-state index contributed by atoms with van der Waals surface area (Å²) in [6.07, 6.45) is 0.912. The molecule has 0 aliphatic carbocycles. The summed E-state index contributed by atoms with van der Waals surface area (Å²) in [4.78, 5) is 26.9. The Bertz CT molecular complexity index is 909. The van der Waals surface area contributed by atoms with Crippen molar-refractivity contribution in [3.63, 3.8) is 0 Å². The van der Waals surface area contributed by atoms with Crippen molar-refractivity contribution in [1.29, 1.82) is 0 Å². The van der Waals surface area contributed by atoms with Crippen molar-refractivity contribution in [1.82, 2.24) is 4.90 Å². The fourth-order valence-electron chi connectivity index (χ4n) is 3.61. The maximum atomic E-state index is 12.8. The summed E-state index contributed by atoms with van der Waals surface area (Å²) in [7, 11) is 0. The fourth-order valence-corrected chi connectivity index (χ4v) is 3.61. The van der Waals surface area contributed by atoms with E-state index in [1.54, 1.807) is 4.90 Å². The number of carbonyl (C=O) groups is 2. The number of hydrogen-bond donors (Lipinski definition) is 1. The highest BCUT2D eigenvalue weighted by atomic mass is 16.7. The van der Waals surface area contributed by atoms with Gasteiger partial charge in [0.05, 0.1) is 0 Å². The molecule has 0 spiro atoms. The number of nitrogens with zero attached hydrogens (tertiary/aromatic N) is 1. The van der Waals surface area contributed by atoms with E-state index in [9.17, 15) is 9.59 Å². The predicted molar refractivity (Wildman–Crippen MR) is 101 cm³/mol. The first-order chi connectivity index (χ1) is 13.0. The summed E-state index contributed by atoms with van der Waals surface area (Å²) in [5.41, 5.74) is 3.85. The molecule has 1 fully saturated rings. The molecule has 2 aliphatic rings. The molecule has 6 nitrogen and oxygen atoms in total. The van der Waals surface area contributed by atoms with Gasteiger partial charge in [-0.25, -0.2) is 0 Å². The van der Waals surface area contributed by atoms with Crippen LogP contribution in [0.3, 0.4) is 0 Å². The maximum absolute atomic E-state index is 12.8. The van der Waals surface area contributed by atoms with E-state index in [0.29, 0.717) is 30.9 Å². The van der Waals surface area contributed by atoms with Gasteiger partial charge < -0.3 is 19.7 Å². The molecule has 0 radical (unpaired) electrons. The molecule has 1 unspecified atom stereocenters. The van der Waals surface area contributed by atoms with Crippen molar-refractivity contribution in [3.05, 3.63) is 53.1 Å². The van der Waals surface area contributed by atoms with Gasteiger partial charge in [0.25, 0.3) is 0 Å². The molecule has 2 aliphatic heterocycles. The minimum Gasteiger partial charge on any atom is -0.454 e. The Balaban J connectivity index is 1.50. The third-order valence-corrected chi connectivity index (χ3v) is 5.06. The van der Waals surface area contributed by atoms with Crippen LogP contribution in [0.4, 0.5) is 5.69 Å². The predicted octanol–water partition coefficient (Wildman–Crippen LogP) is 3.16. The molecule has 1 atom stereocenters. The molecule has 27 heavy (non-hydrogen) atoms. The van der Waals surface area contributed by atoms with Crippen molar-refractivity contribution >= 4 is 17.5 Å². The summed E-state index contributed by atoms with van der Waals surface area (Å²) in [5.74, 6) is 1.23. The SMILES string of the molecule is Cc1ccc(NC(=O)C2CCC(=O)N2Cc2ccc3c(c2)OCO3)c(C)c1. The van der Waals surface area contributed by atoms with Crippen LogP contribution in [0.2, 0.25) is 0 Å². The van der Waals surface area contributed by atoms with Crippen LogP contribution < -0.4 is 14.8 Å². The topological polar surface area (TPSA) is 67.9 Å². The standard InChI is InChI=1S/C21H22N2O4/c1-13-3-5-16(14(2)9-13)22-21(25)17-6-8-20(24)23(17)11-15-4-7-18-19(10-15)27-12-26-18/h3-5,7,9-10,17H,6,8,11-12H2,1-2H3,(H,22,25). The molecule has 1 N–H and O–H groups in total. The van der Waals surface area contributed by atoms with Gasteiger partial charge in [-0.2, -0.15) is 0 Å². The Morgan fingerprint density at radius 3 is 2.78 bits per heavy atom. The molecular weight excluding hydrogens is 344 g/mol. The Hall–Kier alpha value is -3.02. The number of likely N-dealkylation sites (tertiary alicyclic amines) is 1. The molecule has 2 aromatic carbocycles. The summed E-state index contributed by atoms with van der Waals surface area (Å²) in [6, 6.07) is 11.0. The lowest BCUT2D eigenvalue weighted by atomic mass is 10.1. The lowest BCUT2D eigenvalue weighted by Crippen LogP contribution is -2.41. The molecular formula is C21H22N2O4. The molecule has 2 amide bonds. The van der Waals surface area contributed by atoms with E-state index in [1.165, 1.54) is 0 Å². The van der Waals surface area contributed by atoms with Crippen LogP contribution in [-0.2, 0) is 16.1 Å². The minimum absolute atomic E-state index is 0.00607. The van der Waals surface area contributed by atoms with E-state index in [4.69, 9.17) is 9.47 Å². The molecule has 0 bridgehead atoms. The number of anilines is 1. The third-order valence-electron chi connectivity index (χ3n) is 5.06. The zero-order chi connectivity index (χ0) is 19.0. The monoisotopic (exact) mass is 366 g/mol. The number of amides is 2. The molecule has 2 heterocycles. The van der Waals surface area contributed by atoms with E-state index >= 15 is 0 Å². The van der Waals surface area contributed by atoms with E-state index in [0.717, 1.165) is 22.4 Å². The van der Waals surface area contributed by atoms with Gasteiger partial charge in [-0.1, -0.05) is 23.8 Å². The van der Waals surface area contributed by atoms with Crippen LogP contribution in [0.1, 0.15) is 29.5 Å². The second-order valence-electron chi connectivity index (χ2n) is 7.07. The van der Waals surface area contributed by atoms with Gasteiger partial charge in [0.1, 0.15) is 6.04 Å². The molecule has 140 valence electrons. The van der Waals surface area contributed by atoms with Gasteiger partial charge in [0, 0.05) is 18.7 Å². The quantitative estimate of drug-likeness (QED) is 0.903. The second-order valence-corrected chi connectivity index (χ2v) is 7.07. The lowest BCUT2D eigenvalue weighted by Gasteiger charge is -2.24. The van der Waals surface area contributed by atoms with Crippen molar-refractivity contribution in [2.24, 2.45) is 0 Å². The molecule has 0 aromatic heterocycles. The average molecular weight is 366 g/mol. The minimum atomic E-state index is -0.469.